The van der Waals surface area contributed by atoms with Gasteiger partial charge in [-0.3, -0.25) is 4.98 Å². The fraction of sp³-hybridized carbons (Fsp3) is 0. The molecule has 0 fully saturated rings. The summed E-state index contributed by atoms with van der Waals surface area (Å²) in [6.45, 7) is 0. The summed E-state index contributed by atoms with van der Waals surface area (Å²) in [5, 5.41) is 13.5. The highest BCUT2D eigenvalue weighted by Gasteiger charge is 2.07. The van der Waals surface area contributed by atoms with Crippen molar-refractivity contribution in [2.24, 2.45) is 0 Å². The quantitative estimate of drug-likeness (QED) is 0.626. The van der Waals surface area contributed by atoms with Gasteiger partial charge in [-0.05, 0) is 46.3 Å². The molecule has 0 saturated heterocycles. The topological polar surface area (TPSA) is 48.7 Å². The highest BCUT2D eigenvalue weighted by molar-refractivity contribution is 9.10. The molecule has 5 heteroatoms. The van der Waals surface area contributed by atoms with Gasteiger partial charge in [0.05, 0.1) is 22.5 Å². The van der Waals surface area contributed by atoms with Crippen LogP contribution >= 0.6 is 31.9 Å². The van der Waals surface area contributed by atoms with E-state index in [1.54, 1.807) is 12.3 Å². The molecule has 0 atom stereocenters. The van der Waals surface area contributed by atoms with E-state index in [1.165, 1.54) is 0 Å². The van der Waals surface area contributed by atoms with Crippen LogP contribution in [0.1, 0.15) is 5.56 Å². The normalized spacial score (nSPS) is 10.3. The molecule has 0 radical (unpaired) electrons. The number of halogens is 2. The third-order valence-corrected chi connectivity index (χ3v) is 3.98. The van der Waals surface area contributed by atoms with Crippen LogP contribution < -0.4 is 5.32 Å². The zero-order valence-electron chi connectivity index (χ0n) is 10.8. The van der Waals surface area contributed by atoms with Crippen LogP contribution in [0.4, 0.5) is 11.4 Å². The fourth-order valence-corrected chi connectivity index (χ4v) is 2.81. The molecule has 3 nitrogen and oxygen atoms in total. The molecule has 0 bridgehead atoms. The van der Waals surface area contributed by atoms with E-state index in [-0.39, 0.29) is 0 Å². The number of hydrogen-bond donors (Lipinski definition) is 1. The van der Waals surface area contributed by atoms with Crippen molar-refractivity contribution >= 4 is 54.1 Å². The number of anilines is 2. The number of rotatable bonds is 2. The number of nitrogens with zero attached hydrogens (tertiary/aromatic N) is 2. The molecule has 21 heavy (non-hydrogen) atoms. The van der Waals surface area contributed by atoms with Gasteiger partial charge < -0.3 is 5.32 Å². The number of fused-ring (bicyclic) bond motifs is 1. The summed E-state index contributed by atoms with van der Waals surface area (Å²) in [6, 6.07) is 15.6. The summed E-state index contributed by atoms with van der Waals surface area (Å²) >= 11 is 6.85. The highest BCUT2D eigenvalue weighted by Crippen LogP contribution is 2.29. The average Bonchev–Trinajstić information content (AvgIpc) is 2.47. The lowest BCUT2D eigenvalue weighted by Crippen LogP contribution is -1.95. The van der Waals surface area contributed by atoms with Crippen LogP contribution in [0.15, 0.2) is 57.6 Å². The van der Waals surface area contributed by atoms with Crippen LogP contribution in [0.25, 0.3) is 10.9 Å². The second kappa shape index (κ2) is 5.84. The maximum absolute atomic E-state index is 9.21. The summed E-state index contributed by atoms with van der Waals surface area (Å²) in [7, 11) is 0. The minimum Gasteiger partial charge on any atom is -0.353 e. The third-order valence-electron chi connectivity index (χ3n) is 3.05. The van der Waals surface area contributed by atoms with Gasteiger partial charge in [0.1, 0.15) is 6.07 Å². The van der Waals surface area contributed by atoms with Crippen LogP contribution in [0.3, 0.4) is 0 Å². The second-order valence-electron chi connectivity index (χ2n) is 4.46. The number of aromatic nitrogens is 1. The highest BCUT2D eigenvalue weighted by atomic mass is 79.9. The van der Waals surface area contributed by atoms with E-state index >= 15 is 0 Å². The molecule has 1 aromatic heterocycles. The summed E-state index contributed by atoms with van der Waals surface area (Å²) in [5.41, 5.74) is 3.08. The SMILES string of the molecule is N#Cc1ccc(Br)cc1Nc1cccc2cc(Br)cnc12. The summed E-state index contributed by atoms with van der Waals surface area (Å²) in [6.07, 6.45) is 1.76. The average molecular weight is 403 g/mol. The van der Waals surface area contributed by atoms with Crippen molar-refractivity contribution in [3.63, 3.8) is 0 Å². The van der Waals surface area contributed by atoms with Gasteiger partial charge in [0.25, 0.3) is 0 Å². The number of para-hydroxylation sites is 1. The number of benzene rings is 2. The van der Waals surface area contributed by atoms with E-state index in [0.29, 0.717) is 5.56 Å². The largest absolute Gasteiger partial charge is 0.353 e. The minimum atomic E-state index is 0.590. The van der Waals surface area contributed by atoms with Crippen molar-refractivity contribution < 1.29 is 0 Å². The predicted molar refractivity (Wildman–Crippen MR) is 91.6 cm³/mol. The van der Waals surface area contributed by atoms with Crippen LogP contribution in [-0.2, 0) is 0 Å². The Labute approximate surface area is 138 Å². The van der Waals surface area contributed by atoms with Gasteiger partial charge in [-0.2, -0.15) is 5.26 Å². The van der Waals surface area contributed by atoms with E-state index in [2.05, 4.69) is 48.2 Å². The first kappa shape index (κ1) is 14.1. The number of nitriles is 1. The zero-order chi connectivity index (χ0) is 14.8. The van der Waals surface area contributed by atoms with Gasteiger partial charge in [-0.1, -0.05) is 28.1 Å². The lowest BCUT2D eigenvalue weighted by Gasteiger charge is -2.11. The van der Waals surface area contributed by atoms with Gasteiger partial charge in [0.15, 0.2) is 0 Å². The summed E-state index contributed by atoms with van der Waals surface area (Å²) in [5.74, 6) is 0. The van der Waals surface area contributed by atoms with Crippen molar-refractivity contribution in [1.82, 2.24) is 4.98 Å². The van der Waals surface area contributed by atoms with E-state index in [4.69, 9.17) is 0 Å². The van der Waals surface area contributed by atoms with Crippen molar-refractivity contribution in [2.75, 3.05) is 5.32 Å². The maximum atomic E-state index is 9.21. The van der Waals surface area contributed by atoms with Gasteiger partial charge in [0, 0.05) is 20.5 Å². The maximum Gasteiger partial charge on any atom is 0.101 e. The van der Waals surface area contributed by atoms with Crippen LogP contribution in [-0.4, -0.2) is 4.98 Å². The molecule has 0 aliphatic carbocycles. The van der Waals surface area contributed by atoms with E-state index in [9.17, 15) is 5.26 Å². The number of hydrogen-bond acceptors (Lipinski definition) is 3. The second-order valence-corrected chi connectivity index (χ2v) is 6.29. The standard InChI is InChI=1S/C16H9Br2N3/c17-12-5-4-11(8-19)15(7-12)21-14-3-1-2-10-6-13(18)9-20-16(10)14/h1-7,9,21H. The van der Waals surface area contributed by atoms with Gasteiger partial charge in [0.2, 0.25) is 0 Å². The zero-order valence-corrected chi connectivity index (χ0v) is 13.9. The van der Waals surface area contributed by atoms with Crippen molar-refractivity contribution in [3.05, 3.63) is 63.2 Å². The van der Waals surface area contributed by atoms with Crippen molar-refractivity contribution in [1.29, 1.82) is 5.26 Å². The Hall–Kier alpha value is -1.90. The molecule has 0 aliphatic heterocycles. The molecule has 0 saturated carbocycles. The summed E-state index contributed by atoms with van der Waals surface area (Å²) in [4.78, 5) is 4.45. The Balaban J connectivity index is 2.11. The molecule has 0 unspecified atom stereocenters. The molecule has 3 aromatic rings. The van der Waals surface area contributed by atoms with Crippen molar-refractivity contribution in [3.8, 4) is 6.07 Å². The van der Waals surface area contributed by atoms with Gasteiger partial charge in [-0.15, -0.1) is 0 Å². The first-order chi connectivity index (χ1) is 10.2. The first-order valence-electron chi connectivity index (χ1n) is 6.18. The van der Waals surface area contributed by atoms with Crippen LogP contribution in [0, 0.1) is 11.3 Å². The molecular weight excluding hydrogens is 394 g/mol. The fourth-order valence-electron chi connectivity index (χ4n) is 2.10. The lowest BCUT2D eigenvalue weighted by atomic mass is 10.1. The smallest absolute Gasteiger partial charge is 0.101 e. The van der Waals surface area contributed by atoms with Gasteiger partial charge >= 0.3 is 0 Å². The number of pyridine rings is 1. The molecule has 102 valence electrons. The molecule has 2 aromatic carbocycles. The Morgan fingerprint density at radius 1 is 1.00 bits per heavy atom. The minimum absolute atomic E-state index is 0.590. The monoisotopic (exact) mass is 401 g/mol. The van der Waals surface area contributed by atoms with E-state index in [0.717, 1.165) is 31.2 Å². The van der Waals surface area contributed by atoms with Crippen molar-refractivity contribution in [2.45, 2.75) is 0 Å². The Kier molecular flexibility index (Phi) is 3.91. The molecule has 0 aliphatic rings. The first-order valence-corrected chi connectivity index (χ1v) is 7.77. The van der Waals surface area contributed by atoms with Crippen LogP contribution in [0.2, 0.25) is 0 Å². The van der Waals surface area contributed by atoms with Crippen LogP contribution in [0.5, 0.6) is 0 Å². The Morgan fingerprint density at radius 3 is 2.67 bits per heavy atom. The molecule has 1 heterocycles. The third kappa shape index (κ3) is 2.92. The van der Waals surface area contributed by atoms with E-state index in [1.807, 2.05) is 36.4 Å². The molecule has 0 amide bonds. The number of nitrogens with one attached hydrogen (secondary N) is 1. The molecule has 3 rings (SSSR count). The Bertz CT molecular complexity index is 869. The summed E-state index contributed by atoms with van der Waals surface area (Å²) < 4.78 is 1.85. The molecular formula is C16H9Br2N3. The lowest BCUT2D eigenvalue weighted by molar-refractivity contribution is 1.38. The molecule has 1 N–H and O–H groups in total. The molecule has 0 spiro atoms. The Morgan fingerprint density at radius 2 is 1.86 bits per heavy atom. The predicted octanol–water partition coefficient (Wildman–Crippen LogP) is 5.38. The van der Waals surface area contributed by atoms with Gasteiger partial charge in [-0.25, -0.2) is 0 Å². The van der Waals surface area contributed by atoms with E-state index < -0.39 is 0 Å².